The Kier molecular flexibility index (Phi) is 4.57. The van der Waals surface area contributed by atoms with E-state index in [1.807, 2.05) is 61.5 Å². The Hall–Kier alpha value is -3.97. The summed E-state index contributed by atoms with van der Waals surface area (Å²) < 4.78 is 1.62. The van der Waals surface area contributed by atoms with E-state index >= 15 is 0 Å². The third kappa shape index (κ3) is 3.22. The van der Waals surface area contributed by atoms with Gasteiger partial charge in [-0.1, -0.05) is 42.0 Å². The molecule has 134 valence electrons. The highest BCUT2D eigenvalue weighted by atomic mass is 16.1. The molecule has 0 fully saturated rings. The molecule has 0 aliphatic carbocycles. The van der Waals surface area contributed by atoms with E-state index in [2.05, 4.69) is 11.1 Å². The normalized spacial score (nSPS) is 10.4. The third-order valence-electron chi connectivity index (χ3n) is 4.63. The van der Waals surface area contributed by atoms with Crippen molar-refractivity contribution in [3.8, 4) is 34.1 Å². The first-order valence-electron chi connectivity index (χ1n) is 8.92. The molecule has 0 saturated carbocycles. The van der Waals surface area contributed by atoms with Crippen LogP contribution in [0.4, 0.5) is 0 Å². The molecule has 2 aromatic carbocycles. The molecule has 4 aromatic rings. The molecule has 0 radical (unpaired) electrons. The van der Waals surface area contributed by atoms with Gasteiger partial charge < -0.3 is 0 Å². The number of hydrogen-bond donors (Lipinski definition) is 0. The van der Waals surface area contributed by atoms with Crippen molar-refractivity contribution in [2.24, 2.45) is 0 Å². The predicted molar refractivity (Wildman–Crippen MR) is 110 cm³/mol. The third-order valence-corrected chi connectivity index (χ3v) is 4.63. The van der Waals surface area contributed by atoms with Gasteiger partial charge in [0.1, 0.15) is 0 Å². The van der Waals surface area contributed by atoms with Gasteiger partial charge in [0.2, 0.25) is 0 Å². The molecular weight excluding hydrogens is 346 g/mol. The first-order valence-corrected chi connectivity index (χ1v) is 8.92. The second-order valence-corrected chi connectivity index (χ2v) is 6.53. The van der Waals surface area contributed by atoms with Crippen molar-refractivity contribution in [3.63, 3.8) is 0 Å². The Labute approximate surface area is 163 Å². The van der Waals surface area contributed by atoms with Crippen LogP contribution in [0.25, 0.3) is 28.1 Å². The Morgan fingerprint density at radius 1 is 0.929 bits per heavy atom. The maximum atomic E-state index is 13.3. The topological polar surface area (TPSA) is 58.7 Å². The van der Waals surface area contributed by atoms with Crippen LogP contribution in [0.2, 0.25) is 0 Å². The quantitative estimate of drug-likeness (QED) is 0.528. The van der Waals surface area contributed by atoms with Crippen LogP contribution in [0.3, 0.4) is 0 Å². The van der Waals surface area contributed by atoms with Crippen LogP contribution in [0.1, 0.15) is 11.1 Å². The van der Waals surface area contributed by atoms with Crippen molar-refractivity contribution < 1.29 is 0 Å². The Bertz CT molecular complexity index is 1230. The van der Waals surface area contributed by atoms with Crippen molar-refractivity contribution in [2.75, 3.05) is 0 Å². The smallest absolute Gasteiger partial charge is 0.263 e. The number of nitriles is 1. The van der Waals surface area contributed by atoms with Gasteiger partial charge in [-0.2, -0.15) is 5.26 Å². The zero-order valence-electron chi connectivity index (χ0n) is 15.3. The van der Waals surface area contributed by atoms with E-state index in [1.165, 1.54) is 0 Å². The van der Waals surface area contributed by atoms with E-state index in [0.717, 1.165) is 22.5 Å². The van der Waals surface area contributed by atoms with E-state index in [0.29, 0.717) is 16.7 Å². The molecule has 2 aromatic heterocycles. The standard InChI is InChI=1S/C24H17N3O/c1-17-9-11-20(12-10-17)27-16-19(23-8-4-5-13-26-23)14-22(24(27)28)21-7-3-2-6-18(21)15-25/h2-14,16H,1H3. The SMILES string of the molecule is Cc1ccc(-n2cc(-c3ccccn3)cc(-c3ccccc3C#N)c2=O)cc1. The van der Waals surface area contributed by atoms with Gasteiger partial charge in [0.05, 0.1) is 17.3 Å². The van der Waals surface area contributed by atoms with Crippen LogP contribution in [-0.2, 0) is 0 Å². The van der Waals surface area contributed by atoms with Crippen LogP contribution in [0.5, 0.6) is 0 Å². The number of aryl methyl sites for hydroxylation is 1. The van der Waals surface area contributed by atoms with E-state index in [1.54, 1.807) is 35.2 Å². The fraction of sp³-hybridized carbons (Fsp3) is 0.0417. The highest BCUT2D eigenvalue weighted by Crippen LogP contribution is 2.26. The molecule has 0 saturated heterocycles. The summed E-state index contributed by atoms with van der Waals surface area (Å²) in [6.07, 6.45) is 3.52. The summed E-state index contributed by atoms with van der Waals surface area (Å²) in [5.41, 5.74) is 4.84. The lowest BCUT2D eigenvalue weighted by Gasteiger charge is -2.13. The molecule has 0 amide bonds. The zero-order chi connectivity index (χ0) is 19.5. The molecule has 0 bridgehead atoms. The second kappa shape index (κ2) is 7.34. The van der Waals surface area contributed by atoms with Gasteiger partial charge in [0.15, 0.2) is 0 Å². The first-order chi connectivity index (χ1) is 13.7. The number of rotatable bonds is 3. The number of aromatic nitrogens is 2. The second-order valence-electron chi connectivity index (χ2n) is 6.53. The lowest BCUT2D eigenvalue weighted by atomic mass is 9.99. The lowest BCUT2D eigenvalue weighted by Crippen LogP contribution is -2.20. The maximum absolute atomic E-state index is 13.3. The lowest BCUT2D eigenvalue weighted by molar-refractivity contribution is 0.992. The van der Waals surface area contributed by atoms with Crippen LogP contribution < -0.4 is 5.56 Å². The van der Waals surface area contributed by atoms with Gasteiger partial charge in [-0.15, -0.1) is 0 Å². The fourth-order valence-electron chi connectivity index (χ4n) is 3.16. The van der Waals surface area contributed by atoms with Crippen LogP contribution >= 0.6 is 0 Å². The van der Waals surface area contributed by atoms with Gasteiger partial charge in [-0.3, -0.25) is 14.3 Å². The molecule has 4 heteroatoms. The van der Waals surface area contributed by atoms with E-state index < -0.39 is 0 Å². The molecule has 2 heterocycles. The molecule has 0 aliphatic heterocycles. The Morgan fingerprint density at radius 2 is 1.68 bits per heavy atom. The Morgan fingerprint density at radius 3 is 2.39 bits per heavy atom. The van der Waals surface area contributed by atoms with Gasteiger partial charge in [0.25, 0.3) is 5.56 Å². The molecule has 0 atom stereocenters. The minimum atomic E-state index is -0.175. The highest BCUT2D eigenvalue weighted by molar-refractivity contribution is 5.74. The maximum Gasteiger partial charge on any atom is 0.263 e. The van der Waals surface area contributed by atoms with Crippen LogP contribution in [0, 0.1) is 18.3 Å². The summed E-state index contributed by atoms with van der Waals surface area (Å²) in [5.74, 6) is 0. The summed E-state index contributed by atoms with van der Waals surface area (Å²) in [6.45, 7) is 2.01. The largest absolute Gasteiger partial charge is 0.283 e. The van der Waals surface area contributed by atoms with E-state index in [4.69, 9.17) is 0 Å². The number of hydrogen-bond acceptors (Lipinski definition) is 3. The average Bonchev–Trinajstić information content (AvgIpc) is 2.75. The monoisotopic (exact) mass is 363 g/mol. The van der Waals surface area contributed by atoms with E-state index in [-0.39, 0.29) is 5.56 Å². The van der Waals surface area contributed by atoms with Crippen LogP contribution in [0.15, 0.2) is 90.0 Å². The van der Waals surface area contributed by atoms with Crippen molar-refractivity contribution in [1.29, 1.82) is 5.26 Å². The average molecular weight is 363 g/mol. The van der Waals surface area contributed by atoms with Crippen molar-refractivity contribution in [1.82, 2.24) is 9.55 Å². The van der Waals surface area contributed by atoms with Gasteiger partial charge >= 0.3 is 0 Å². The molecule has 4 rings (SSSR count). The van der Waals surface area contributed by atoms with Gasteiger partial charge in [-0.05, 0) is 43.3 Å². The minimum Gasteiger partial charge on any atom is -0.283 e. The molecule has 28 heavy (non-hydrogen) atoms. The van der Waals surface area contributed by atoms with Crippen molar-refractivity contribution in [2.45, 2.75) is 6.92 Å². The fourth-order valence-corrected chi connectivity index (χ4v) is 3.16. The highest BCUT2D eigenvalue weighted by Gasteiger charge is 2.14. The van der Waals surface area contributed by atoms with Crippen molar-refractivity contribution >= 4 is 0 Å². The molecule has 0 N–H and O–H groups in total. The molecule has 0 unspecified atom stereocenters. The summed E-state index contributed by atoms with van der Waals surface area (Å²) >= 11 is 0. The summed E-state index contributed by atoms with van der Waals surface area (Å²) in [4.78, 5) is 17.8. The van der Waals surface area contributed by atoms with Gasteiger partial charge in [-0.25, -0.2) is 0 Å². The van der Waals surface area contributed by atoms with E-state index in [9.17, 15) is 10.1 Å². The molecule has 4 nitrogen and oxygen atoms in total. The summed E-state index contributed by atoms with van der Waals surface area (Å²) in [6, 6.07) is 24.6. The molecular formula is C24H17N3O. The summed E-state index contributed by atoms with van der Waals surface area (Å²) in [5, 5.41) is 9.50. The predicted octanol–water partition coefficient (Wildman–Crippen LogP) is 4.75. The molecule has 0 spiro atoms. The van der Waals surface area contributed by atoms with Crippen molar-refractivity contribution in [3.05, 3.63) is 107 Å². The zero-order valence-corrected chi connectivity index (χ0v) is 15.3. The van der Waals surface area contributed by atoms with Crippen LogP contribution in [-0.4, -0.2) is 9.55 Å². The number of nitrogens with zero attached hydrogens (tertiary/aromatic N) is 3. The Balaban J connectivity index is 2.03. The molecule has 0 aliphatic rings. The summed E-state index contributed by atoms with van der Waals surface area (Å²) in [7, 11) is 0. The number of pyridine rings is 2. The number of benzene rings is 2. The minimum absolute atomic E-state index is 0.175. The first kappa shape index (κ1) is 17.4. The van der Waals surface area contributed by atoms with Gasteiger partial charge in [0, 0.05) is 34.8 Å².